The molecule has 0 amide bonds. The number of hydrogen-bond acceptors (Lipinski definition) is 0. The van der Waals surface area contributed by atoms with Crippen molar-refractivity contribution >= 4 is 0 Å². The predicted molar refractivity (Wildman–Crippen MR) is 66.3 cm³/mol. The first-order valence-electron chi connectivity index (χ1n) is 4.91. The molecule has 0 saturated heterocycles. The molecule has 0 N–H and O–H groups in total. The van der Waals surface area contributed by atoms with Crippen LogP contribution in [-0.4, -0.2) is 0 Å². The average molecular weight is 206 g/mol. The molecule has 0 bridgehead atoms. The van der Waals surface area contributed by atoms with Crippen LogP contribution in [0.4, 0.5) is 4.39 Å². The maximum Gasteiger partial charge on any atom is 0.104 e. The summed E-state index contributed by atoms with van der Waals surface area (Å²) in [5.74, 6) is -0.189. The lowest BCUT2D eigenvalue weighted by atomic mass is 9.97. The van der Waals surface area contributed by atoms with Gasteiger partial charge in [0.05, 0.1) is 0 Å². The molecule has 15 heavy (non-hydrogen) atoms. The van der Waals surface area contributed by atoms with Crippen molar-refractivity contribution < 1.29 is 4.39 Å². The van der Waals surface area contributed by atoms with E-state index in [0.717, 1.165) is 16.7 Å². The third-order valence-electron chi connectivity index (χ3n) is 2.38. The van der Waals surface area contributed by atoms with Crippen LogP contribution in [0.2, 0.25) is 0 Å². The van der Waals surface area contributed by atoms with E-state index in [9.17, 15) is 4.39 Å². The van der Waals surface area contributed by atoms with Crippen LogP contribution in [0.1, 0.15) is 27.7 Å². The van der Waals surface area contributed by atoms with Gasteiger partial charge < -0.3 is 0 Å². The minimum Gasteiger partial charge on any atom is -0.211 e. The van der Waals surface area contributed by atoms with Crippen LogP contribution in [0, 0.1) is 0 Å². The van der Waals surface area contributed by atoms with E-state index in [1.165, 1.54) is 6.92 Å². The van der Waals surface area contributed by atoms with Crippen molar-refractivity contribution in [2.24, 2.45) is 0 Å². The fraction of sp³-hybridized carbons (Fsp3) is 0.286. The molecule has 0 radical (unpaired) electrons. The monoisotopic (exact) mass is 206 g/mol. The smallest absolute Gasteiger partial charge is 0.104 e. The zero-order valence-corrected chi connectivity index (χ0v) is 10.0. The van der Waals surface area contributed by atoms with E-state index >= 15 is 0 Å². The van der Waals surface area contributed by atoms with Crippen LogP contribution in [0.5, 0.6) is 0 Å². The normalized spacial score (nSPS) is 14.7. The molecule has 0 spiro atoms. The van der Waals surface area contributed by atoms with Gasteiger partial charge in [-0.05, 0) is 38.8 Å². The van der Waals surface area contributed by atoms with Crippen molar-refractivity contribution in [2.75, 3.05) is 0 Å². The summed E-state index contributed by atoms with van der Waals surface area (Å²) in [5, 5.41) is 0. The highest BCUT2D eigenvalue weighted by Crippen LogP contribution is 2.23. The highest BCUT2D eigenvalue weighted by Gasteiger charge is 2.05. The molecular formula is C14H19F. The topological polar surface area (TPSA) is 0 Å². The van der Waals surface area contributed by atoms with Crippen LogP contribution in [0.15, 0.2) is 59.5 Å². The highest BCUT2D eigenvalue weighted by atomic mass is 19.1. The molecule has 0 aliphatic heterocycles. The lowest BCUT2D eigenvalue weighted by Gasteiger charge is -2.09. The summed E-state index contributed by atoms with van der Waals surface area (Å²) in [6.45, 7) is 14.6. The van der Waals surface area contributed by atoms with Gasteiger partial charge in [-0.2, -0.15) is 0 Å². The first-order valence-corrected chi connectivity index (χ1v) is 4.91. The first-order chi connectivity index (χ1) is 6.91. The largest absolute Gasteiger partial charge is 0.211 e. The standard InChI is InChI=1S/C14H19F/c1-7-8-9-14(13(6)15)12(5)11(4)10(2)3/h7-9H,1-2H2,3-6H3/b9-8-,12-11-,14-13?. The molecule has 0 atom stereocenters. The molecule has 0 aromatic carbocycles. The Bertz CT molecular complexity index is 348. The molecule has 0 rings (SSSR count). The fourth-order valence-electron chi connectivity index (χ4n) is 1.18. The molecule has 0 aliphatic rings. The van der Waals surface area contributed by atoms with E-state index in [0.29, 0.717) is 5.57 Å². The van der Waals surface area contributed by atoms with Crippen molar-refractivity contribution in [2.45, 2.75) is 27.7 Å². The van der Waals surface area contributed by atoms with Crippen LogP contribution in [0.3, 0.4) is 0 Å². The van der Waals surface area contributed by atoms with E-state index in [1.807, 2.05) is 20.8 Å². The third-order valence-corrected chi connectivity index (χ3v) is 2.38. The van der Waals surface area contributed by atoms with E-state index in [-0.39, 0.29) is 5.83 Å². The summed E-state index contributed by atoms with van der Waals surface area (Å²) >= 11 is 0. The lowest BCUT2D eigenvalue weighted by Crippen LogP contribution is -1.90. The molecule has 0 saturated carbocycles. The summed E-state index contributed by atoms with van der Waals surface area (Å²) in [4.78, 5) is 0. The molecule has 0 unspecified atom stereocenters. The van der Waals surface area contributed by atoms with Crippen molar-refractivity contribution in [1.29, 1.82) is 0 Å². The fourth-order valence-corrected chi connectivity index (χ4v) is 1.18. The third kappa shape index (κ3) is 4.11. The van der Waals surface area contributed by atoms with Gasteiger partial charge in [-0.3, -0.25) is 0 Å². The highest BCUT2D eigenvalue weighted by molar-refractivity contribution is 5.47. The molecule has 0 aromatic rings. The minimum atomic E-state index is -0.189. The van der Waals surface area contributed by atoms with Gasteiger partial charge in [-0.15, -0.1) is 0 Å². The zero-order chi connectivity index (χ0) is 12.0. The number of halogens is 1. The van der Waals surface area contributed by atoms with Gasteiger partial charge in [-0.1, -0.05) is 37.0 Å². The Morgan fingerprint density at radius 3 is 1.93 bits per heavy atom. The Morgan fingerprint density at radius 2 is 1.60 bits per heavy atom. The summed E-state index contributed by atoms with van der Waals surface area (Å²) in [5.41, 5.74) is 3.50. The Morgan fingerprint density at radius 1 is 1.07 bits per heavy atom. The quantitative estimate of drug-likeness (QED) is 0.575. The van der Waals surface area contributed by atoms with Crippen molar-refractivity contribution in [3.8, 4) is 0 Å². The van der Waals surface area contributed by atoms with Crippen LogP contribution in [-0.2, 0) is 0 Å². The van der Waals surface area contributed by atoms with Gasteiger partial charge in [0.1, 0.15) is 5.83 Å². The lowest BCUT2D eigenvalue weighted by molar-refractivity contribution is 0.632. The second-order valence-corrected chi connectivity index (χ2v) is 3.57. The second-order valence-electron chi connectivity index (χ2n) is 3.57. The molecular weight excluding hydrogens is 187 g/mol. The Balaban J connectivity index is 5.41. The number of allylic oxidation sites excluding steroid dienone is 8. The summed E-state index contributed by atoms with van der Waals surface area (Å²) in [7, 11) is 0. The molecule has 82 valence electrons. The SMILES string of the molecule is C=C/C=C\C(=C(C)F)/C(C)=C(/C)C(=C)C. The molecule has 1 heteroatoms. The van der Waals surface area contributed by atoms with Crippen LogP contribution < -0.4 is 0 Å². The van der Waals surface area contributed by atoms with E-state index in [1.54, 1.807) is 18.2 Å². The maximum absolute atomic E-state index is 13.3. The van der Waals surface area contributed by atoms with Crippen molar-refractivity contribution in [3.05, 3.63) is 59.5 Å². The molecule has 0 aliphatic carbocycles. The van der Waals surface area contributed by atoms with Crippen LogP contribution in [0.25, 0.3) is 0 Å². The van der Waals surface area contributed by atoms with Gasteiger partial charge in [0.15, 0.2) is 0 Å². The molecule has 0 fully saturated rings. The van der Waals surface area contributed by atoms with Gasteiger partial charge in [0.2, 0.25) is 0 Å². The summed E-state index contributed by atoms with van der Waals surface area (Å²) < 4.78 is 13.3. The first kappa shape index (κ1) is 13.6. The Labute approximate surface area is 92.2 Å². The summed E-state index contributed by atoms with van der Waals surface area (Å²) in [6, 6.07) is 0. The Kier molecular flexibility index (Phi) is 5.61. The van der Waals surface area contributed by atoms with E-state index in [4.69, 9.17) is 0 Å². The van der Waals surface area contributed by atoms with Crippen molar-refractivity contribution in [3.63, 3.8) is 0 Å². The maximum atomic E-state index is 13.3. The van der Waals surface area contributed by atoms with Gasteiger partial charge in [-0.25, -0.2) is 4.39 Å². The average Bonchev–Trinajstić information content (AvgIpc) is 2.16. The van der Waals surface area contributed by atoms with Gasteiger partial charge in [0, 0.05) is 5.57 Å². The molecule has 0 aromatic heterocycles. The van der Waals surface area contributed by atoms with Gasteiger partial charge in [0.25, 0.3) is 0 Å². The van der Waals surface area contributed by atoms with Crippen molar-refractivity contribution in [1.82, 2.24) is 0 Å². The molecule has 0 nitrogen and oxygen atoms in total. The Hall–Kier alpha value is -1.37. The summed E-state index contributed by atoms with van der Waals surface area (Å²) in [6.07, 6.45) is 5.09. The molecule has 0 heterocycles. The van der Waals surface area contributed by atoms with Crippen LogP contribution >= 0.6 is 0 Å². The van der Waals surface area contributed by atoms with E-state index in [2.05, 4.69) is 13.2 Å². The van der Waals surface area contributed by atoms with Gasteiger partial charge >= 0.3 is 0 Å². The number of hydrogen-bond donors (Lipinski definition) is 0. The predicted octanol–water partition coefficient (Wildman–Crippen LogP) is 4.88. The van der Waals surface area contributed by atoms with E-state index < -0.39 is 0 Å². The zero-order valence-electron chi connectivity index (χ0n) is 10.0. The minimum absolute atomic E-state index is 0.189. The second kappa shape index (κ2) is 6.18. The number of rotatable bonds is 4.